The molecule has 126 valence electrons. The molecule has 1 amide bonds. The van der Waals surface area contributed by atoms with Crippen LogP contribution in [0.4, 0.5) is 0 Å². The normalized spacial score (nSPS) is 15.8. The Bertz CT molecular complexity index is 554. The van der Waals surface area contributed by atoms with E-state index in [1.807, 2.05) is 24.0 Å². The number of halogens is 2. The first-order valence-corrected chi connectivity index (χ1v) is 9.21. The third-order valence-electron chi connectivity index (χ3n) is 3.18. The predicted molar refractivity (Wildman–Crippen MR) is 101 cm³/mol. The smallest absolute Gasteiger partial charge is 0.254 e. The Labute approximate surface area is 157 Å². The Kier molecular flexibility index (Phi) is 7.74. The highest BCUT2D eigenvalue weighted by Crippen LogP contribution is 2.31. The molecule has 0 atom stereocenters. The maximum atomic E-state index is 11.8. The Morgan fingerprint density at radius 3 is 2.91 bits per heavy atom. The number of nitrogens with one attached hydrogen (secondary N) is 1. The van der Waals surface area contributed by atoms with E-state index in [0.29, 0.717) is 26.4 Å². The Hall–Kier alpha value is -0.710. The molecule has 23 heavy (non-hydrogen) atoms. The van der Waals surface area contributed by atoms with Crippen molar-refractivity contribution in [3.05, 3.63) is 25.7 Å². The first kappa shape index (κ1) is 18.6. The molecule has 0 unspecified atom stereocenters. The molecule has 1 N–H and O–H groups in total. The summed E-state index contributed by atoms with van der Waals surface area (Å²) in [6, 6.07) is 3.86. The van der Waals surface area contributed by atoms with E-state index >= 15 is 0 Å². The van der Waals surface area contributed by atoms with Gasteiger partial charge in [0, 0.05) is 13.1 Å². The van der Waals surface area contributed by atoms with Crippen molar-refractivity contribution in [2.45, 2.75) is 6.92 Å². The minimum Gasteiger partial charge on any atom is -0.492 e. The van der Waals surface area contributed by atoms with Crippen LogP contribution in [0.15, 0.2) is 21.7 Å². The fraction of sp³-hybridized carbons (Fsp3) is 0.467. The summed E-state index contributed by atoms with van der Waals surface area (Å²) in [5.41, 5.74) is 3.44. The number of benzene rings is 1. The molecule has 0 saturated carbocycles. The van der Waals surface area contributed by atoms with Crippen LogP contribution in [-0.4, -0.2) is 56.5 Å². The predicted octanol–water partition coefficient (Wildman–Crippen LogP) is 2.23. The number of hydrogen-bond donors (Lipinski definition) is 1. The van der Waals surface area contributed by atoms with Crippen LogP contribution in [0.5, 0.6) is 5.75 Å². The molecule has 8 heteroatoms. The maximum Gasteiger partial charge on any atom is 0.254 e. The number of carbonyl (C=O) groups is 1. The van der Waals surface area contributed by atoms with Crippen molar-refractivity contribution in [3.8, 4) is 5.75 Å². The molecule has 1 saturated heterocycles. The maximum absolute atomic E-state index is 11.8. The number of hydrazone groups is 1. The molecule has 1 aromatic rings. The van der Waals surface area contributed by atoms with Crippen LogP contribution in [0.1, 0.15) is 12.5 Å². The molecule has 1 aromatic carbocycles. The molecule has 0 aliphatic carbocycles. The van der Waals surface area contributed by atoms with Gasteiger partial charge >= 0.3 is 0 Å². The van der Waals surface area contributed by atoms with Crippen molar-refractivity contribution >= 4 is 50.6 Å². The van der Waals surface area contributed by atoms with Crippen LogP contribution in [-0.2, 0) is 9.53 Å². The first-order valence-electron chi connectivity index (χ1n) is 7.34. The van der Waals surface area contributed by atoms with E-state index in [1.165, 1.54) is 0 Å². The number of carbonyl (C=O) groups excluding carboxylic acids is 1. The van der Waals surface area contributed by atoms with Crippen LogP contribution in [0.25, 0.3) is 0 Å². The molecular formula is C15H19BrIN3O3. The summed E-state index contributed by atoms with van der Waals surface area (Å²) in [7, 11) is 0. The number of hydrogen-bond acceptors (Lipinski definition) is 5. The van der Waals surface area contributed by atoms with E-state index in [9.17, 15) is 4.79 Å². The topological polar surface area (TPSA) is 63.2 Å². The first-order chi connectivity index (χ1) is 11.1. The number of morpholine rings is 1. The van der Waals surface area contributed by atoms with Gasteiger partial charge in [0.1, 0.15) is 5.75 Å². The summed E-state index contributed by atoms with van der Waals surface area (Å²) in [5, 5.41) is 4.02. The number of rotatable bonds is 6. The third-order valence-corrected chi connectivity index (χ3v) is 4.57. The summed E-state index contributed by atoms with van der Waals surface area (Å²) in [6.45, 7) is 5.81. The lowest BCUT2D eigenvalue weighted by Crippen LogP contribution is -2.42. The monoisotopic (exact) mass is 495 g/mol. The zero-order chi connectivity index (χ0) is 16.7. The Balaban J connectivity index is 1.88. The summed E-state index contributed by atoms with van der Waals surface area (Å²) < 4.78 is 12.7. The highest BCUT2D eigenvalue weighted by molar-refractivity contribution is 14.1. The molecule has 2 rings (SSSR count). The largest absolute Gasteiger partial charge is 0.492 e. The van der Waals surface area contributed by atoms with Gasteiger partial charge in [0.05, 0.1) is 40.6 Å². The zero-order valence-electron chi connectivity index (χ0n) is 12.8. The highest BCUT2D eigenvalue weighted by Gasteiger charge is 2.13. The van der Waals surface area contributed by atoms with Gasteiger partial charge in [0.15, 0.2) is 0 Å². The standard InChI is InChI=1S/C15H19BrIN3O3/c1-2-23-15-12(16)7-11(8-13(15)17)9-18-19-14(21)10-20-3-5-22-6-4-20/h7-9H,2-6,10H2,1H3,(H,19,21)/b18-9+. The Morgan fingerprint density at radius 2 is 2.26 bits per heavy atom. The van der Waals surface area contributed by atoms with Gasteiger partial charge in [-0.25, -0.2) is 5.43 Å². The molecule has 1 heterocycles. The second-order valence-corrected chi connectivity index (χ2v) is 6.94. The van der Waals surface area contributed by atoms with Gasteiger partial charge in [0.2, 0.25) is 0 Å². The molecular weight excluding hydrogens is 477 g/mol. The lowest BCUT2D eigenvalue weighted by molar-refractivity contribution is -0.123. The second-order valence-electron chi connectivity index (χ2n) is 4.93. The summed E-state index contributed by atoms with van der Waals surface area (Å²) in [5.74, 6) is 0.699. The molecule has 0 aromatic heterocycles. The average Bonchev–Trinajstić information content (AvgIpc) is 2.52. The van der Waals surface area contributed by atoms with Crippen LogP contribution in [0, 0.1) is 3.57 Å². The highest BCUT2D eigenvalue weighted by atomic mass is 127. The number of amides is 1. The van der Waals surface area contributed by atoms with E-state index in [2.05, 4.69) is 49.0 Å². The fourth-order valence-electron chi connectivity index (χ4n) is 2.11. The van der Waals surface area contributed by atoms with Crippen LogP contribution < -0.4 is 10.2 Å². The van der Waals surface area contributed by atoms with Crippen LogP contribution in [0.2, 0.25) is 0 Å². The molecule has 6 nitrogen and oxygen atoms in total. The SMILES string of the molecule is CCOc1c(Br)cc(/C=N/NC(=O)CN2CCOCC2)cc1I. The minimum atomic E-state index is -0.122. The van der Waals surface area contributed by atoms with Crippen molar-refractivity contribution in [2.75, 3.05) is 39.5 Å². The summed E-state index contributed by atoms with van der Waals surface area (Å²) >= 11 is 5.70. The zero-order valence-corrected chi connectivity index (χ0v) is 16.6. The van der Waals surface area contributed by atoms with E-state index in [1.54, 1.807) is 6.21 Å². The van der Waals surface area contributed by atoms with Crippen LogP contribution in [0.3, 0.4) is 0 Å². The fourth-order valence-corrected chi connectivity index (χ4v) is 3.88. The number of nitrogens with zero attached hydrogens (tertiary/aromatic N) is 2. The van der Waals surface area contributed by atoms with E-state index in [0.717, 1.165) is 32.4 Å². The lowest BCUT2D eigenvalue weighted by Gasteiger charge is -2.25. The minimum absolute atomic E-state index is 0.122. The lowest BCUT2D eigenvalue weighted by atomic mass is 10.2. The van der Waals surface area contributed by atoms with E-state index < -0.39 is 0 Å². The van der Waals surface area contributed by atoms with E-state index in [4.69, 9.17) is 9.47 Å². The summed E-state index contributed by atoms with van der Waals surface area (Å²) in [6.07, 6.45) is 1.62. The molecule has 0 spiro atoms. The second kappa shape index (κ2) is 9.55. The Morgan fingerprint density at radius 1 is 1.52 bits per heavy atom. The summed E-state index contributed by atoms with van der Waals surface area (Å²) in [4.78, 5) is 13.9. The third kappa shape index (κ3) is 6.02. The van der Waals surface area contributed by atoms with Gasteiger partial charge in [0.25, 0.3) is 5.91 Å². The molecule has 0 bridgehead atoms. The molecule has 1 aliphatic heterocycles. The van der Waals surface area contributed by atoms with Gasteiger partial charge in [-0.2, -0.15) is 5.10 Å². The van der Waals surface area contributed by atoms with Gasteiger partial charge in [-0.15, -0.1) is 0 Å². The van der Waals surface area contributed by atoms with Gasteiger partial charge in [-0.3, -0.25) is 9.69 Å². The van der Waals surface area contributed by atoms with E-state index in [-0.39, 0.29) is 5.91 Å². The molecule has 1 aliphatic rings. The van der Waals surface area contributed by atoms with Crippen molar-refractivity contribution in [1.82, 2.24) is 10.3 Å². The average molecular weight is 496 g/mol. The van der Waals surface area contributed by atoms with Gasteiger partial charge in [-0.1, -0.05) is 0 Å². The molecule has 0 radical (unpaired) electrons. The van der Waals surface area contributed by atoms with Crippen molar-refractivity contribution in [1.29, 1.82) is 0 Å². The molecule has 1 fully saturated rings. The quantitative estimate of drug-likeness (QED) is 0.373. The van der Waals surface area contributed by atoms with Crippen LogP contribution >= 0.6 is 38.5 Å². The van der Waals surface area contributed by atoms with Gasteiger partial charge < -0.3 is 9.47 Å². The number of ether oxygens (including phenoxy) is 2. The van der Waals surface area contributed by atoms with Crippen molar-refractivity contribution < 1.29 is 14.3 Å². The van der Waals surface area contributed by atoms with Gasteiger partial charge in [-0.05, 0) is 63.1 Å². The van der Waals surface area contributed by atoms with Crippen molar-refractivity contribution in [2.24, 2.45) is 5.10 Å². The van der Waals surface area contributed by atoms with Crippen molar-refractivity contribution in [3.63, 3.8) is 0 Å².